The lowest BCUT2D eigenvalue weighted by molar-refractivity contribution is 0.452. The molecule has 4 aromatic heterocycles. The molecule has 3 nitrogen and oxygen atoms in total. The smallest absolute Gasteiger partial charge is 0.119 e. The quantitative estimate of drug-likeness (QED) is 0.136. The van der Waals surface area contributed by atoms with Crippen molar-refractivity contribution in [2.24, 2.45) is 5.92 Å². The molecule has 5 aromatic rings. The third-order valence-electron chi connectivity index (χ3n) is 7.16. The molecular formula is C28H34BrN3S3. The van der Waals surface area contributed by atoms with Crippen LogP contribution in [-0.4, -0.2) is 13.3 Å². The molecule has 0 spiro atoms. The predicted octanol–water partition coefficient (Wildman–Crippen LogP) is 10.7. The average molecular weight is 589 g/mol. The topological polar surface area (TPSA) is 30.7 Å². The number of aromatic nitrogens is 3. The normalized spacial score (nSPS) is 13.0. The summed E-state index contributed by atoms with van der Waals surface area (Å²) in [7, 11) is 0. The summed E-state index contributed by atoms with van der Waals surface area (Å²) in [6.07, 6.45) is 11.6. The van der Waals surface area contributed by atoms with E-state index in [-0.39, 0.29) is 0 Å². The number of halogens is 1. The zero-order valence-corrected chi connectivity index (χ0v) is 24.9. The number of rotatable bonds is 12. The van der Waals surface area contributed by atoms with Crippen molar-refractivity contribution >= 4 is 81.8 Å². The van der Waals surface area contributed by atoms with Crippen LogP contribution in [0.25, 0.3) is 41.9 Å². The summed E-state index contributed by atoms with van der Waals surface area (Å²) in [6, 6.07) is 9.23. The van der Waals surface area contributed by atoms with Gasteiger partial charge in [-0.15, -0.1) is 22.7 Å². The van der Waals surface area contributed by atoms with Crippen molar-refractivity contribution in [1.82, 2.24) is 13.3 Å². The highest BCUT2D eigenvalue weighted by Crippen LogP contribution is 2.45. The fourth-order valence-electron chi connectivity index (χ4n) is 5.10. The average Bonchev–Trinajstić information content (AvgIpc) is 3.63. The molecule has 7 heteroatoms. The molecular weight excluding hydrogens is 554 g/mol. The van der Waals surface area contributed by atoms with E-state index in [2.05, 4.69) is 74.3 Å². The van der Waals surface area contributed by atoms with Crippen LogP contribution >= 0.6 is 50.3 Å². The summed E-state index contributed by atoms with van der Waals surface area (Å²) in [5.74, 6) is 0.804. The molecule has 186 valence electrons. The van der Waals surface area contributed by atoms with Gasteiger partial charge < -0.3 is 4.57 Å². The Morgan fingerprint density at radius 2 is 1.66 bits per heavy atom. The van der Waals surface area contributed by atoms with Crippen LogP contribution in [0.5, 0.6) is 0 Å². The van der Waals surface area contributed by atoms with Crippen LogP contribution in [0.15, 0.2) is 28.7 Å². The molecule has 5 rings (SSSR count). The van der Waals surface area contributed by atoms with E-state index in [9.17, 15) is 0 Å². The monoisotopic (exact) mass is 587 g/mol. The van der Waals surface area contributed by atoms with Crippen molar-refractivity contribution in [3.05, 3.63) is 33.6 Å². The molecule has 0 N–H and O–H groups in total. The van der Waals surface area contributed by atoms with Gasteiger partial charge in [0.25, 0.3) is 0 Å². The summed E-state index contributed by atoms with van der Waals surface area (Å²) < 4.78 is 15.7. The van der Waals surface area contributed by atoms with E-state index in [1.807, 2.05) is 22.7 Å². The Morgan fingerprint density at radius 3 is 2.46 bits per heavy atom. The van der Waals surface area contributed by atoms with E-state index in [0.29, 0.717) is 0 Å². The molecule has 0 amide bonds. The van der Waals surface area contributed by atoms with Crippen molar-refractivity contribution in [2.75, 3.05) is 0 Å². The van der Waals surface area contributed by atoms with Gasteiger partial charge in [-0.2, -0.15) is 8.75 Å². The maximum atomic E-state index is 4.64. The van der Waals surface area contributed by atoms with E-state index in [1.165, 1.54) is 100 Å². The standard InChI is InChI=1S/C28H34BrN3S3/c1-4-7-9-10-14-32-22-16-19(15-18(6-3)11-8-5-2)33-27(22)28-23(32)17-24(34-28)20-12-13-21(29)26-25(20)30-35-31-26/h12-13,16-18H,4-11,14-15H2,1-3H3. The van der Waals surface area contributed by atoms with Crippen molar-refractivity contribution in [3.8, 4) is 10.4 Å². The zero-order valence-electron chi connectivity index (χ0n) is 20.9. The summed E-state index contributed by atoms with van der Waals surface area (Å²) >= 11 is 8.91. The molecule has 1 aromatic carbocycles. The van der Waals surface area contributed by atoms with Crippen LogP contribution in [0.2, 0.25) is 0 Å². The minimum absolute atomic E-state index is 0.804. The number of nitrogens with zero attached hydrogens (tertiary/aromatic N) is 3. The highest BCUT2D eigenvalue weighted by Gasteiger charge is 2.21. The largest absolute Gasteiger partial charge is 0.339 e. The van der Waals surface area contributed by atoms with Gasteiger partial charge in [0.2, 0.25) is 0 Å². The Morgan fingerprint density at radius 1 is 0.886 bits per heavy atom. The van der Waals surface area contributed by atoms with Gasteiger partial charge in [0.1, 0.15) is 11.0 Å². The zero-order chi connectivity index (χ0) is 24.4. The molecule has 0 saturated carbocycles. The van der Waals surface area contributed by atoms with E-state index < -0.39 is 0 Å². The Labute approximate surface area is 229 Å². The molecule has 0 bridgehead atoms. The van der Waals surface area contributed by atoms with Gasteiger partial charge in [-0.1, -0.05) is 71.8 Å². The molecule has 4 heterocycles. The van der Waals surface area contributed by atoms with E-state index >= 15 is 0 Å². The summed E-state index contributed by atoms with van der Waals surface area (Å²) in [5.41, 5.74) is 6.02. The van der Waals surface area contributed by atoms with Gasteiger partial charge in [-0.25, -0.2) is 0 Å². The first-order valence-corrected chi connectivity index (χ1v) is 16.3. The SMILES string of the molecule is CCCCCCn1c2cc(CC(CC)CCCC)sc2c2sc(-c3ccc(Br)c4nsnc34)cc21. The lowest BCUT2D eigenvalue weighted by Crippen LogP contribution is -2.02. The van der Waals surface area contributed by atoms with Gasteiger partial charge >= 0.3 is 0 Å². The lowest BCUT2D eigenvalue weighted by atomic mass is 9.95. The van der Waals surface area contributed by atoms with Crippen LogP contribution in [-0.2, 0) is 13.0 Å². The predicted molar refractivity (Wildman–Crippen MR) is 160 cm³/mol. The van der Waals surface area contributed by atoms with Gasteiger partial charge in [-0.3, -0.25) is 0 Å². The van der Waals surface area contributed by atoms with Crippen molar-refractivity contribution in [3.63, 3.8) is 0 Å². The summed E-state index contributed by atoms with van der Waals surface area (Å²) in [4.78, 5) is 2.86. The molecule has 1 unspecified atom stereocenters. The van der Waals surface area contributed by atoms with Crippen molar-refractivity contribution in [2.45, 2.75) is 85.1 Å². The molecule has 0 aliphatic carbocycles. The summed E-state index contributed by atoms with van der Waals surface area (Å²) in [6.45, 7) is 8.06. The molecule has 35 heavy (non-hydrogen) atoms. The molecule has 0 saturated heterocycles. The molecule has 0 fully saturated rings. The van der Waals surface area contributed by atoms with Gasteiger partial charge in [0, 0.05) is 26.3 Å². The third-order valence-corrected chi connectivity index (χ3v) is 10.8. The second kappa shape index (κ2) is 11.4. The van der Waals surface area contributed by atoms with E-state index in [1.54, 1.807) is 4.88 Å². The minimum Gasteiger partial charge on any atom is -0.339 e. The second-order valence-electron chi connectivity index (χ2n) is 9.64. The van der Waals surface area contributed by atoms with Crippen LogP contribution in [0.3, 0.4) is 0 Å². The molecule has 0 radical (unpaired) electrons. The van der Waals surface area contributed by atoms with Gasteiger partial charge in [-0.05, 0) is 52.9 Å². The Balaban J connectivity index is 1.56. The molecule has 0 aliphatic heterocycles. The van der Waals surface area contributed by atoms with Crippen molar-refractivity contribution in [1.29, 1.82) is 0 Å². The maximum absolute atomic E-state index is 4.64. The number of hydrogen-bond donors (Lipinski definition) is 0. The van der Waals surface area contributed by atoms with Crippen LogP contribution in [0.4, 0.5) is 0 Å². The number of fused-ring (bicyclic) bond motifs is 4. The number of unbranched alkanes of at least 4 members (excludes halogenated alkanes) is 4. The Hall–Kier alpha value is -1.28. The minimum atomic E-state index is 0.804. The fraction of sp³-hybridized carbons (Fsp3) is 0.500. The lowest BCUT2D eigenvalue weighted by Gasteiger charge is -2.12. The number of benzene rings is 1. The van der Waals surface area contributed by atoms with Crippen molar-refractivity contribution < 1.29 is 0 Å². The first kappa shape index (κ1) is 25.4. The number of hydrogen-bond acceptors (Lipinski definition) is 5. The molecule has 0 aliphatic rings. The first-order chi connectivity index (χ1) is 17.1. The van der Waals surface area contributed by atoms with Gasteiger partial charge in [0.05, 0.1) is 32.2 Å². The first-order valence-electron chi connectivity index (χ1n) is 13.1. The van der Waals surface area contributed by atoms with Crippen LogP contribution < -0.4 is 0 Å². The maximum Gasteiger partial charge on any atom is 0.119 e. The van der Waals surface area contributed by atoms with E-state index in [4.69, 9.17) is 0 Å². The van der Waals surface area contributed by atoms with Crippen LogP contribution in [0, 0.1) is 5.92 Å². The summed E-state index contributed by atoms with van der Waals surface area (Å²) in [5, 5.41) is 0. The van der Waals surface area contributed by atoms with Gasteiger partial charge in [0.15, 0.2) is 0 Å². The van der Waals surface area contributed by atoms with Crippen LogP contribution in [0.1, 0.15) is 77.0 Å². The second-order valence-corrected chi connectivity index (χ2v) is 13.2. The highest BCUT2D eigenvalue weighted by molar-refractivity contribution is 9.10. The number of thiophene rings is 2. The van der Waals surface area contributed by atoms with E-state index in [0.717, 1.165) is 28.0 Å². The Kier molecular flexibility index (Phi) is 8.27. The fourth-order valence-corrected chi connectivity index (χ4v) is 8.81. The number of aryl methyl sites for hydroxylation is 1. The molecule has 1 atom stereocenters. The highest BCUT2D eigenvalue weighted by atomic mass is 79.9. The third kappa shape index (κ3) is 5.11. The Bertz CT molecular complexity index is 1420.